The minimum absolute atomic E-state index is 0.0189. The second-order valence-electron chi connectivity index (χ2n) is 8.87. The van der Waals surface area contributed by atoms with Crippen LogP contribution >= 0.6 is 0 Å². The Bertz CT molecular complexity index is 1460. The molecule has 1 amide bonds. The second-order valence-corrected chi connectivity index (χ2v) is 8.87. The van der Waals surface area contributed by atoms with Crippen molar-refractivity contribution < 1.29 is 31.1 Å². The zero-order chi connectivity index (χ0) is 28.3. The molecule has 4 aromatic carbocycles. The lowest BCUT2D eigenvalue weighted by molar-refractivity contribution is -0.138. The third-order valence-electron chi connectivity index (χ3n) is 6.26. The minimum Gasteiger partial charge on any atom is -0.338 e. The zero-order valence-electron chi connectivity index (χ0n) is 20.1. The average Bonchev–Trinajstić information content (AvgIpc) is 2.92. The highest BCUT2D eigenvalue weighted by atomic mass is 19.4. The Balaban J connectivity index is 2.00. The molecule has 3 nitrogen and oxygen atoms in total. The van der Waals surface area contributed by atoms with Crippen LogP contribution in [0.2, 0.25) is 0 Å². The minimum atomic E-state index is -4.74. The van der Waals surface area contributed by atoms with Gasteiger partial charge in [-0.05, 0) is 59.2 Å². The van der Waals surface area contributed by atoms with Gasteiger partial charge in [-0.25, -0.2) is 0 Å². The highest BCUT2D eigenvalue weighted by Gasteiger charge is 2.41. The quantitative estimate of drug-likeness (QED) is 0.258. The van der Waals surface area contributed by atoms with E-state index in [1.807, 2.05) is 6.07 Å². The molecule has 0 radical (unpaired) electrons. The van der Waals surface area contributed by atoms with Crippen LogP contribution in [0.25, 0.3) is 0 Å². The van der Waals surface area contributed by atoms with E-state index in [0.29, 0.717) is 5.56 Å². The number of carbonyl (C=O) groups is 1. The van der Waals surface area contributed by atoms with Crippen LogP contribution in [-0.2, 0) is 24.3 Å². The number of hydrogen-bond donors (Lipinski definition) is 1. The normalized spacial score (nSPS) is 12.0. The number of nitrogens with one attached hydrogen (secondary N) is 1. The molecule has 4 rings (SSSR count). The molecular weight excluding hydrogens is 518 g/mol. The number of rotatable bonds is 6. The van der Waals surface area contributed by atoms with Crippen molar-refractivity contribution in [3.8, 4) is 6.07 Å². The van der Waals surface area contributed by atoms with Crippen LogP contribution in [0.3, 0.4) is 0 Å². The number of carbonyl (C=O) groups excluding carboxylic acids is 1. The molecule has 39 heavy (non-hydrogen) atoms. The van der Waals surface area contributed by atoms with E-state index in [1.165, 1.54) is 36.4 Å². The largest absolute Gasteiger partial charge is 0.416 e. The summed E-state index contributed by atoms with van der Waals surface area (Å²) in [5.41, 5.74) is -3.30. The van der Waals surface area contributed by atoms with E-state index in [1.54, 1.807) is 30.3 Å². The van der Waals surface area contributed by atoms with Crippen molar-refractivity contribution in [1.82, 2.24) is 5.32 Å². The van der Waals surface area contributed by atoms with E-state index >= 15 is 0 Å². The summed E-state index contributed by atoms with van der Waals surface area (Å²) in [4.78, 5) is 13.6. The average molecular weight is 538 g/mol. The Labute approximate surface area is 220 Å². The molecule has 0 aromatic heterocycles. The molecule has 0 aliphatic carbocycles. The molecular formula is C30H20F6N2O. The van der Waals surface area contributed by atoms with E-state index < -0.39 is 34.9 Å². The number of amides is 1. The SMILES string of the molecule is N#Cc1cccc(C(=O)NC(Cc2ccccc2)(c2cccc(C(F)(F)F)c2)c2cccc(C(F)(F)F)c2)c1. The van der Waals surface area contributed by atoms with Crippen molar-refractivity contribution >= 4 is 5.91 Å². The summed E-state index contributed by atoms with van der Waals surface area (Å²) in [6, 6.07) is 24.2. The molecule has 0 unspecified atom stereocenters. The molecule has 0 aliphatic rings. The van der Waals surface area contributed by atoms with Gasteiger partial charge in [-0.3, -0.25) is 4.79 Å². The molecule has 0 saturated carbocycles. The maximum Gasteiger partial charge on any atom is 0.416 e. The van der Waals surface area contributed by atoms with Gasteiger partial charge >= 0.3 is 12.4 Å². The summed E-state index contributed by atoms with van der Waals surface area (Å²) in [6.45, 7) is 0. The van der Waals surface area contributed by atoms with Crippen LogP contribution in [0, 0.1) is 11.3 Å². The third-order valence-corrected chi connectivity index (χ3v) is 6.26. The number of benzene rings is 4. The predicted octanol–water partition coefficient (Wildman–Crippen LogP) is 7.51. The molecule has 9 heteroatoms. The molecule has 0 bridgehead atoms. The fourth-order valence-electron chi connectivity index (χ4n) is 4.38. The van der Waals surface area contributed by atoms with Crippen LogP contribution in [0.5, 0.6) is 0 Å². The van der Waals surface area contributed by atoms with Crippen LogP contribution in [0.4, 0.5) is 26.3 Å². The van der Waals surface area contributed by atoms with Crippen molar-refractivity contribution in [2.75, 3.05) is 0 Å². The second kappa shape index (κ2) is 10.7. The number of nitrogens with zero attached hydrogens (tertiary/aromatic N) is 1. The predicted molar refractivity (Wildman–Crippen MR) is 132 cm³/mol. The summed E-state index contributed by atoms with van der Waals surface area (Å²) in [5, 5.41) is 12.0. The van der Waals surface area contributed by atoms with Crippen LogP contribution < -0.4 is 5.32 Å². The van der Waals surface area contributed by atoms with Gasteiger partial charge in [0.25, 0.3) is 5.91 Å². The van der Waals surface area contributed by atoms with Gasteiger partial charge in [0.2, 0.25) is 0 Å². The fourth-order valence-corrected chi connectivity index (χ4v) is 4.38. The smallest absolute Gasteiger partial charge is 0.338 e. The van der Waals surface area contributed by atoms with Crippen molar-refractivity contribution in [3.63, 3.8) is 0 Å². The van der Waals surface area contributed by atoms with E-state index in [0.717, 1.165) is 36.4 Å². The molecule has 0 spiro atoms. The van der Waals surface area contributed by atoms with Crippen LogP contribution in [-0.4, -0.2) is 5.91 Å². The van der Waals surface area contributed by atoms with E-state index in [2.05, 4.69) is 5.32 Å². The summed E-state index contributed by atoms with van der Waals surface area (Å²) in [7, 11) is 0. The number of halogens is 6. The maximum absolute atomic E-state index is 13.7. The topological polar surface area (TPSA) is 52.9 Å². The Morgan fingerprint density at radius 2 is 1.18 bits per heavy atom. The van der Waals surface area contributed by atoms with E-state index in [-0.39, 0.29) is 28.7 Å². The van der Waals surface area contributed by atoms with Crippen molar-refractivity contribution in [2.24, 2.45) is 0 Å². The zero-order valence-corrected chi connectivity index (χ0v) is 20.1. The van der Waals surface area contributed by atoms with Crippen LogP contribution in [0.15, 0.2) is 103 Å². The molecule has 4 aromatic rings. The third kappa shape index (κ3) is 6.12. The monoisotopic (exact) mass is 538 g/mol. The first-order chi connectivity index (χ1) is 18.4. The fraction of sp³-hybridized carbons (Fsp3) is 0.133. The molecule has 0 fully saturated rings. The Morgan fingerprint density at radius 1 is 0.667 bits per heavy atom. The Hall–Kier alpha value is -4.58. The highest BCUT2D eigenvalue weighted by molar-refractivity contribution is 5.95. The molecule has 0 atom stereocenters. The number of nitriles is 1. The maximum atomic E-state index is 13.7. The summed E-state index contributed by atoms with van der Waals surface area (Å²) in [6.07, 6.45) is -9.65. The number of alkyl halides is 6. The first kappa shape index (κ1) is 27.5. The molecule has 0 aliphatic heterocycles. The lowest BCUT2D eigenvalue weighted by Crippen LogP contribution is -2.49. The van der Waals surface area contributed by atoms with Gasteiger partial charge in [0.1, 0.15) is 0 Å². The van der Waals surface area contributed by atoms with Gasteiger partial charge in [0.05, 0.1) is 28.3 Å². The van der Waals surface area contributed by atoms with Gasteiger partial charge < -0.3 is 5.32 Å². The van der Waals surface area contributed by atoms with E-state index in [4.69, 9.17) is 0 Å². The molecule has 198 valence electrons. The Kier molecular flexibility index (Phi) is 7.50. The summed E-state index contributed by atoms with van der Waals surface area (Å²) in [5.74, 6) is -0.780. The number of hydrogen-bond acceptors (Lipinski definition) is 2. The molecule has 1 N–H and O–H groups in total. The highest BCUT2D eigenvalue weighted by Crippen LogP contribution is 2.40. The van der Waals surface area contributed by atoms with Gasteiger partial charge in [-0.2, -0.15) is 31.6 Å². The summed E-state index contributed by atoms with van der Waals surface area (Å²) < 4.78 is 82.5. The van der Waals surface area contributed by atoms with Gasteiger partial charge in [-0.1, -0.05) is 60.7 Å². The standard InChI is InChI=1S/C30H20F6N2O/c31-29(32,33)25-13-5-11-23(16-25)28(18-20-7-2-1-3-8-20,24-12-6-14-26(17-24)30(34,35)36)38-27(39)22-10-4-9-21(15-22)19-37/h1-17H,18H2,(H,38,39). The lowest BCUT2D eigenvalue weighted by atomic mass is 9.76. The van der Waals surface area contributed by atoms with E-state index in [9.17, 15) is 36.4 Å². The summed E-state index contributed by atoms with van der Waals surface area (Å²) >= 11 is 0. The first-order valence-corrected chi connectivity index (χ1v) is 11.6. The first-order valence-electron chi connectivity index (χ1n) is 11.6. The van der Waals surface area contributed by atoms with Gasteiger partial charge in [0.15, 0.2) is 0 Å². The van der Waals surface area contributed by atoms with Crippen LogP contribution in [0.1, 0.15) is 43.7 Å². The lowest BCUT2D eigenvalue weighted by Gasteiger charge is -2.37. The Morgan fingerprint density at radius 3 is 1.69 bits per heavy atom. The van der Waals surface area contributed by atoms with Crippen molar-refractivity contribution in [2.45, 2.75) is 24.3 Å². The van der Waals surface area contributed by atoms with Crippen molar-refractivity contribution in [3.05, 3.63) is 142 Å². The van der Waals surface area contributed by atoms with Gasteiger partial charge in [-0.15, -0.1) is 0 Å². The van der Waals surface area contributed by atoms with Crippen molar-refractivity contribution in [1.29, 1.82) is 5.26 Å². The molecule has 0 saturated heterocycles. The van der Waals surface area contributed by atoms with Gasteiger partial charge in [0, 0.05) is 12.0 Å². The molecule has 0 heterocycles.